The third kappa shape index (κ3) is 3.48. The zero-order valence-electron chi connectivity index (χ0n) is 16.9. The van der Waals surface area contributed by atoms with Crippen LogP contribution in [0.5, 0.6) is 0 Å². The van der Waals surface area contributed by atoms with E-state index in [1.165, 1.54) is 5.01 Å². The molecular formula is C24H19BrN6O. The molecule has 1 unspecified atom stereocenters. The lowest BCUT2D eigenvalue weighted by molar-refractivity contribution is 0.344. The Kier molecular flexibility index (Phi) is 5.07. The van der Waals surface area contributed by atoms with Gasteiger partial charge < -0.3 is 5.73 Å². The van der Waals surface area contributed by atoms with Crippen molar-refractivity contribution in [3.05, 3.63) is 105 Å². The number of guanidine groups is 1. The van der Waals surface area contributed by atoms with Gasteiger partial charge in [-0.1, -0.05) is 58.4 Å². The minimum absolute atomic E-state index is 0.176. The van der Waals surface area contributed by atoms with Crippen molar-refractivity contribution in [1.82, 2.24) is 14.6 Å². The minimum atomic E-state index is -0.497. The molecule has 158 valence electrons. The molecule has 5 rings (SSSR count). The molecule has 2 heterocycles. The molecule has 0 saturated heterocycles. The van der Waals surface area contributed by atoms with Crippen LogP contribution in [0.3, 0.4) is 0 Å². The van der Waals surface area contributed by atoms with Crippen molar-refractivity contribution in [1.29, 1.82) is 5.41 Å². The first-order chi connectivity index (χ1) is 15.5. The van der Waals surface area contributed by atoms with Crippen LogP contribution in [0.15, 0.2) is 93.2 Å². The first-order valence-corrected chi connectivity index (χ1v) is 10.9. The molecule has 0 saturated carbocycles. The number of nitrogens with zero attached hydrogens (tertiary/aromatic N) is 4. The summed E-state index contributed by atoms with van der Waals surface area (Å²) in [5.41, 5.74) is 8.74. The Morgan fingerprint density at radius 2 is 1.69 bits per heavy atom. The Hall–Kier alpha value is -3.78. The molecule has 1 aromatic heterocycles. The van der Waals surface area contributed by atoms with Gasteiger partial charge >= 0.3 is 0 Å². The Balaban J connectivity index is 1.72. The number of fused-ring (bicyclic) bond motifs is 1. The predicted octanol–water partition coefficient (Wildman–Crippen LogP) is 4.19. The average Bonchev–Trinajstić information content (AvgIpc) is 3.26. The summed E-state index contributed by atoms with van der Waals surface area (Å²) >= 11 is 3.45. The van der Waals surface area contributed by atoms with Crippen molar-refractivity contribution in [2.45, 2.75) is 12.5 Å². The predicted molar refractivity (Wildman–Crippen MR) is 129 cm³/mol. The summed E-state index contributed by atoms with van der Waals surface area (Å²) in [6, 6.07) is 24.0. The van der Waals surface area contributed by atoms with E-state index in [4.69, 9.17) is 16.1 Å². The molecular weight excluding hydrogens is 468 g/mol. The quantitative estimate of drug-likeness (QED) is 0.334. The number of halogens is 1. The fraction of sp³-hybridized carbons (Fsp3) is 0.0833. The molecule has 8 heteroatoms. The summed E-state index contributed by atoms with van der Waals surface area (Å²) in [7, 11) is 0. The van der Waals surface area contributed by atoms with Crippen LogP contribution in [-0.4, -0.2) is 26.2 Å². The normalized spacial score (nSPS) is 15.7. The molecule has 1 aliphatic rings. The minimum Gasteiger partial charge on any atom is -0.369 e. The maximum absolute atomic E-state index is 13.6. The van der Waals surface area contributed by atoms with Crippen molar-refractivity contribution in [2.24, 2.45) is 10.8 Å². The van der Waals surface area contributed by atoms with Gasteiger partial charge in [-0.25, -0.2) is 9.99 Å². The van der Waals surface area contributed by atoms with E-state index >= 15 is 0 Å². The van der Waals surface area contributed by atoms with Crippen LogP contribution < -0.4 is 11.3 Å². The van der Waals surface area contributed by atoms with E-state index in [0.717, 1.165) is 15.7 Å². The molecule has 3 aromatic carbocycles. The number of hydrogen-bond acceptors (Lipinski definition) is 4. The zero-order chi connectivity index (χ0) is 22.2. The van der Waals surface area contributed by atoms with E-state index in [0.29, 0.717) is 28.8 Å². The highest BCUT2D eigenvalue weighted by atomic mass is 79.9. The lowest BCUT2D eigenvalue weighted by Crippen LogP contribution is -2.36. The van der Waals surface area contributed by atoms with Crippen molar-refractivity contribution in [2.75, 3.05) is 0 Å². The van der Waals surface area contributed by atoms with Crippen molar-refractivity contribution < 1.29 is 0 Å². The van der Waals surface area contributed by atoms with Gasteiger partial charge in [0, 0.05) is 10.9 Å². The first kappa shape index (κ1) is 20.1. The molecule has 7 nitrogen and oxygen atoms in total. The molecule has 1 atom stereocenters. The van der Waals surface area contributed by atoms with Crippen LogP contribution in [0, 0.1) is 5.41 Å². The number of hydrazone groups is 1. The number of rotatable bonds is 3. The van der Waals surface area contributed by atoms with Crippen molar-refractivity contribution in [3.8, 4) is 5.69 Å². The summed E-state index contributed by atoms with van der Waals surface area (Å²) < 4.78 is 2.50. The molecule has 0 fully saturated rings. The lowest BCUT2D eigenvalue weighted by atomic mass is 10.0. The fourth-order valence-electron chi connectivity index (χ4n) is 3.95. The van der Waals surface area contributed by atoms with Crippen LogP contribution in [0.4, 0.5) is 0 Å². The molecule has 3 N–H and O–H groups in total. The van der Waals surface area contributed by atoms with E-state index in [-0.39, 0.29) is 11.5 Å². The second-order valence-electron chi connectivity index (χ2n) is 7.47. The fourth-order valence-corrected chi connectivity index (χ4v) is 4.22. The van der Waals surface area contributed by atoms with Gasteiger partial charge in [-0.05, 0) is 42.0 Å². The van der Waals surface area contributed by atoms with Crippen LogP contribution in [0.1, 0.15) is 23.9 Å². The maximum atomic E-state index is 13.6. The van der Waals surface area contributed by atoms with Crippen LogP contribution in [0.2, 0.25) is 0 Å². The molecule has 4 aromatic rings. The Morgan fingerprint density at radius 3 is 2.41 bits per heavy atom. The van der Waals surface area contributed by atoms with E-state index in [1.54, 1.807) is 10.6 Å². The summed E-state index contributed by atoms with van der Waals surface area (Å²) in [6.45, 7) is 0. The highest BCUT2D eigenvalue weighted by Crippen LogP contribution is 2.32. The van der Waals surface area contributed by atoms with E-state index in [2.05, 4.69) is 21.0 Å². The highest BCUT2D eigenvalue weighted by Gasteiger charge is 2.34. The van der Waals surface area contributed by atoms with Gasteiger partial charge in [0.05, 0.1) is 22.3 Å². The monoisotopic (exact) mass is 486 g/mol. The first-order valence-electron chi connectivity index (χ1n) is 10.1. The van der Waals surface area contributed by atoms with E-state index < -0.39 is 6.04 Å². The summed E-state index contributed by atoms with van der Waals surface area (Å²) in [5.74, 6) is 0.284. The molecule has 0 spiro atoms. The SMILES string of the molecule is N=C(N)N1N=C(c2ccccc2)CC1c1nc2ccccc2c(=O)n1-c1ccc(Br)cc1. The van der Waals surface area contributed by atoms with Crippen molar-refractivity contribution >= 4 is 38.5 Å². The zero-order valence-corrected chi connectivity index (χ0v) is 18.5. The van der Waals surface area contributed by atoms with E-state index in [1.807, 2.05) is 72.8 Å². The third-order valence-corrected chi connectivity index (χ3v) is 5.98. The number of benzene rings is 3. The van der Waals surface area contributed by atoms with Gasteiger partial charge in [0.2, 0.25) is 5.96 Å². The molecule has 32 heavy (non-hydrogen) atoms. The number of nitrogens with one attached hydrogen (secondary N) is 1. The molecule has 0 radical (unpaired) electrons. The average molecular weight is 487 g/mol. The molecule has 0 amide bonds. The lowest BCUT2D eigenvalue weighted by Gasteiger charge is -2.24. The summed E-state index contributed by atoms with van der Waals surface area (Å²) in [4.78, 5) is 18.5. The Labute approximate surface area is 192 Å². The van der Waals surface area contributed by atoms with Crippen molar-refractivity contribution in [3.63, 3.8) is 0 Å². The smallest absolute Gasteiger partial charge is 0.266 e. The third-order valence-electron chi connectivity index (χ3n) is 5.45. The Morgan fingerprint density at radius 1 is 1.00 bits per heavy atom. The second-order valence-corrected chi connectivity index (χ2v) is 8.38. The molecule has 1 aliphatic heterocycles. The van der Waals surface area contributed by atoms with E-state index in [9.17, 15) is 4.79 Å². The van der Waals surface area contributed by atoms with Gasteiger partial charge in [0.15, 0.2) is 0 Å². The highest BCUT2D eigenvalue weighted by molar-refractivity contribution is 9.10. The number of hydrogen-bond donors (Lipinski definition) is 2. The van der Waals surface area contributed by atoms with Gasteiger partial charge in [0.25, 0.3) is 5.56 Å². The van der Waals surface area contributed by atoms with Gasteiger partial charge in [0.1, 0.15) is 11.9 Å². The molecule has 0 aliphatic carbocycles. The molecule has 0 bridgehead atoms. The van der Waals surface area contributed by atoms with Gasteiger partial charge in [-0.2, -0.15) is 5.10 Å². The number of aromatic nitrogens is 2. The summed E-state index contributed by atoms with van der Waals surface area (Å²) in [6.07, 6.45) is 0.463. The second kappa shape index (κ2) is 8.05. The van der Waals surface area contributed by atoms with Gasteiger partial charge in [-0.3, -0.25) is 14.8 Å². The largest absolute Gasteiger partial charge is 0.369 e. The maximum Gasteiger partial charge on any atom is 0.266 e. The number of para-hydroxylation sites is 1. The standard InChI is InChI=1S/C24H19BrN6O/c25-16-10-12-17(13-11-16)30-22(28-19-9-5-4-8-18(19)23(30)32)21-14-20(29-31(21)24(26)27)15-6-2-1-3-7-15/h1-13,21H,14H2,(H3,26,27). The number of nitrogens with two attached hydrogens (primary N) is 1. The van der Waals surface area contributed by atoms with Crippen LogP contribution in [-0.2, 0) is 0 Å². The van der Waals surface area contributed by atoms with Crippen LogP contribution >= 0.6 is 15.9 Å². The van der Waals surface area contributed by atoms with Gasteiger partial charge in [-0.15, -0.1) is 0 Å². The topological polar surface area (TPSA) is 100 Å². The van der Waals surface area contributed by atoms with Crippen LogP contribution in [0.25, 0.3) is 16.6 Å². The summed E-state index contributed by atoms with van der Waals surface area (Å²) in [5, 5.41) is 14.7. The Bertz CT molecular complexity index is 1410.